The van der Waals surface area contributed by atoms with Crippen LogP contribution in [0.15, 0.2) is 41.4 Å². The van der Waals surface area contributed by atoms with E-state index in [9.17, 15) is 13.2 Å². The summed E-state index contributed by atoms with van der Waals surface area (Å²) in [5.41, 5.74) is 10.3. The van der Waals surface area contributed by atoms with Crippen molar-refractivity contribution in [3.05, 3.63) is 53.4 Å². The van der Waals surface area contributed by atoms with Crippen LogP contribution in [0.25, 0.3) is 17.1 Å². The molecule has 4 heterocycles. The molecule has 1 aliphatic heterocycles. The summed E-state index contributed by atoms with van der Waals surface area (Å²) in [6.45, 7) is 4.74. The molecule has 206 valence electrons. The Morgan fingerprint density at radius 1 is 1.18 bits per heavy atom. The molecule has 0 atom stereocenters. The fourth-order valence-corrected chi connectivity index (χ4v) is 4.89. The number of imidazole rings is 1. The third-order valence-corrected chi connectivity index (χ3v) is 7.09. The van der Waals surface area contributed by atoms with Crippen LogP contribution in [-0.4, -0.2) is 57.5 Å². The molecule has 1 saturated heterocycles. The van der Waals surface area contributed by atoms with Crippen molar-refractivity contribution in [1.29, 1.82) is 0 Å². The quantitative estimate of drug-likeness (QED) is 0.475. The van der Waals surface area contributed by atoms with Crippen LogP contribution in [0.3, 0.4) is 0 Å². The summed E-state index contributed by atoms with van der Waals surface area (Å²) >= 11 is 0. The summed E-state index contributed by atoms with van der Waals surface area (Å²) < 4.78 is 47.1. The number of rotatable bonds is 6. The number of nitrogens with two attached hydrogens (primary N) is 1. The van der Waals surface area contributed by atoms with Gasteiger partial charge in [-0.2, -0.15) is 13.2 Å². The lowest BCUT2D eigenvalue weighted by atomic mass is 9.95. The van der Waals surface area contributed by atoms with E-state index in [1.165, 1.54) is 10.9 Å². The van der Waals surface area contributed by atoms with Crippen molar-refractivity contribution in [2.75, 3.05) is 32.1 Å². The Morgan fingerprint density at radius 2 is 1.95 bits per heavy atom. The molecule has 3 aromatic rings. The van der Waals surface area contributed by atoms with E-state index >= 15 is 0 Å². The van der Waals surface area contributed by atoms with Gasteiger partial charge in [0, 0.05) is 67.8 Å². The Labute approximate surface area is 224 Å². The number of anilines is 1. The number of halogens is 3. The fourth-order valence-electron chi connectivity index (χ4n) is 4.89. The van der Waals surface area contributed by atoms with Gasteiger partial charge in [0.25, 0.3) is 0 Å². The zero-order valence-electron chi connectivity index (χ0n) is 22.3. The highest BCUT2D eigenvalue weighted by Gasteiger charge is 2.36. The summed E-state index contributed by atoms with van der Waals surface area (Å²) in [5.74, 6) is 1.68. The molecule has 0 amide bonds. The highest BCUT2D eigenvalue weighted by atomic mass is 19.4. The van der Waals surface area contributed by atoms with E-state index in [0.717, 1.165) is 36.0 Å². The molecule has 0 radical (unpaired) electrons. The molecule has 3 aromatic heterocycles. The molecule has 12 heteroatoms. The van der Waals surface area contributed by atoms with Gasteiger partial charge in [-0.3, -0.25) is 4.99 Å². The molecule has 9 nitrogen and oxygen atoms in total. The van der Waals surface area contributed by atoms with Gasteiger partial charge < -0.3 is 19.9 Å². The summed E-state index contributed by atoms with van der Waals surface area (Å²) in [4.78, 5) is 23.9. The summed E-state index contributed by atoms with van der Waals surface area (Å²) in [6.07, 6.45) is 2.33. The van der Waals surface area contributed by atoms with Gasteiger partial charge in [-0.15, -0.1) is 0 Å². The van der Waals surface area contributed by atoms with Crippen molar-refractivity contribution < 1.29 is 17.9 Å². The SMILES string of the molecule is CN=C1CCN(c2ccc(-c3nc(C(F)(F)F)cn3C(C)C)cn2)CC1=C(N)c1c(OC)ncnc1C1CC1. The van der Waals surface area contributed by atoms with Crippen LogP contribution in [-0.2, 0) is 6.18 Å². The minimum atomic E-state index is -4.52. The number of methoxy groups -OCH3 is 1. The molecular weight excluding hydrogens is 509 g/mol. The number of aromatic nitrogens is 5. The Balaban J connectivity index is 1.48. The molecule has 0 unspecified atom stereocenters. The van der Waals surface area contributed by atoms with Crippen LogP contribution in [0.2, 0.25) is 0 Å². The standard InChI is InChI=1S/C27H31F3N8O/c1-15(2)38-13-20(27(28,29)30)36-25(38)17-7-8-21(33-11-17)37-10-9-19(32-3)18(12-37)23(31)22-24(16-5-6-16)34-14-35-26(22)39-4/h7-8,11,13-16H,5-6,9-10,12,31H2,1-4H3. The second kappa shape index (κ2) is 10.3. The molecule has 1 aliphatic carbocycles. The first-order valence-corrected chi connectivity index (χ1v) is 12.8. The number of nitrogens with zero attached hydrogens (tertiary/aromatic N) is 7. The van der Waals surface area contributed by atoms with E-state index < -0.39 is 11.9 Å². The lowest BCUT2D eigenvalue weighted by molar-refractivity contribution is -0.140. The monoisotopic (exact) mass is 540 g/mol. The van der Waals surface area contributed by atoms with Gasteiger partial charge in [-0.25, -0.2) is 19.9 Å². The Kier molecular flexibility index (Phi) is 7.04. The van der Waals surface area contributed by atoms with Gasteiger partial charge in [0.1, 0.15) is 18.0 Å². The van der Waals surface area contributed by atoms with Crippen LogP contribution in [0.4, 0.5) is 19.0 Å². The van der Waals surface area contributed by atoms with Gasteiger partial charge in [0.15, 0.2) is 5.69 Å². The maximum atomic E-state index is 13.3. The second-order valence-corrected chi connectivity index (χ2v) is 10.0. The molecule has 2 N–H and O–H groups in total. The van der Waals surface area contributed by atoms with Crippen LogP contribution in [0, 0.1) is 0 Å². The van der Waals surface area contributed by atoms with Gasteiger partial charge in [0.05, 0.1) is 24.1 Å². The molecule has 5 rings (SSSR count). The predicted octanol–water partition coefficient (Wildman–Crippen LogP) is 4.87. The van der Waals surface area contributed by atoms with Crippen LogP contribution in [0.1, 0.15) is 62.0 Å². The zero-order valence-corrected chi connectivity index (χ0v) is 22.3. The van der Waals surface area contributed by atoms with Gasteiger partial charge in [-0.05, 0) is 38.8 Å². The molecule has 39 heavy (non-hydrogen) atoms. The third kappa shape index (κ3) is 5.19. The minimum absolute atomic E-state index is 0.202. The fraction of sp³-hybridized carbons (Fsp3) is 0.444. The van der Waals surface area contributed by atoms with E-state index in [1.54, 1.807) is 32.5 Å². The predicted molar refractivity (Wildman–Crippen MR) is 143 cm³/mol. The van der Waals surface area contributed by atoms with Crippen molar-refractivity contribution in [2.45, 2.75) is 51.2 Å². The topological polar surface area (TPSA) is 107 Å². The molecule has 2 aliphatic rings. The minimum Gasteiger partial charge on any atom is -0.480 e. The van der Waals surface area contributed by atoms with Gasteiger partial charge in [0.2, 0.25) is 5.88 Å². The number of hydrogen-bond donors (Lipinski definition) is 1. The van der Waals surface area contributed by atoms with E-state index in [1.807, 2.05) is 13.8 Å². The van der Waals surface area contributed by atoms with Crippen LogP contribution in [0.5, 0.6) is 5.88 Å². The molecule has 2 fully saturated rings. The van der Waals surface area contributed by atoms with Gasteiger partial charge >= 0.3 is 6.18 Å². The van der Waals surface area contributed by atoms with Crippen LogP contribution >= 0.6 is 0 Å². The summed E-state index contributed by atoms with van der Waals surface area (Å²) in [6, 6.07) is 3.34. The second-order valence-electron chi connectivity index (χ2n) is 10.0. The zero-order chi connectivity index (χ0) is 27.9. The van der Waals surface area contributed by atoms with Gasteiger partial charge in [-0.1, -0.05) is 0 Å². The Bertz CT molecular complexity index is 1420. The highest BCUT2D eigenvalue weighted by Crippen LogP contribution is 2.44. The van der Waals surface area contributed by atoms with Crippen molar-refractivity contribution in [3.8, 4) is 17.3 Å². The molecule has 0 bridgehead atoms. The number of aliphatic imine (C=N–C) groups is 1. The smallest absolute Gasteiger partial charge is 0.434 e. The molecule has 0 aromatic carbocycles. The third-order valence-electron chi connectivity index (χ3n) is 7.09. The number of ether oxygens (including phenoxy) is 1. The largest absolute Gasteiger partial charge is 0.480 e. The number of piperidine rings is 1. The molecule has 0 spiro atoms. The maximum Gasteiger partial charge on any atom is 0.434 e. The van der Waals surface area contributed by atoms with Crippen molar-refractivity contribution in [1.82, 2.24) is 24.5 Å². The first-order chi connectivity index (χ1) is 18.6. The summed E-state index contributed by atoms with van der Waals surface area (Å²) in [7, 11) is 3.31. The Morgan fingerprint density at radius 3 is 2.54 bits per heavy atom. The van der Waals surface area contributed by atoms with E-state index in [2.05, 4.69) is 29.8 Å². The Hall–Kier alpha value is -3.96. The van der Waals surface area contributed by atoms with E-state index in [-0.39, 0.29) is 11.9 Å². The maximum absolute atomic E-state index is 13.3. The number of pyridine rings is 1. The molecular formula is C27H31F3N8O. The first-order valence-electron chi connectivity index (χ1n) is 12.8. The van der Waals surface area contributed by atoms with Crippen molar-refractivity contribution >= 4 is 17.2 Å². The average molecular weight is 541 g/mol. The van der Waals surface area contributed by atoms with E-state index in [4.69, 9.17) is 10.5 Å². The first kappa shape index (κ1) is 26.6. The van der Waals surface area contributed by atoms with Crippen LogP contribution < -0.4 is 15.4 Å². The summed E-state index contributed by atoms with van der Waals surface area (Å²) in [5, 5.41) is 0. The average Bonchev–Trinajstić information content (AvgIpc) is 3.67. The number of hydrogen-bond acceptors (Lipinski definition) is 8. The van der Waals surface area contributed by atoms with Crippen molar-refractivity contribution in [3.63, 3.8) is 0 Å². The van der Waals surface area contributed by atoms with Crippen molar-refractivity contribution in [2.24, 2.45) is 10.7 Å². The molecule has 1 saturated carbocycles. The van der Waals surface area contributed by atoms with E-state index in [0.29, 0.717) is 54.0 Å². The number of alkyl halides is 3. The lowest BCUT2D eigenvalue weighted by Gasteiger charge is -2.32. The normalized spacial score (nSPS) is 18.7. The lowest BCUT2D eigenvalue weighted by Crippen LogP contribution is -2.37. The highest BCUT2D eigenvalue weighted by molar-refractivity contribution is 6.08.